The maximum Gasteiger partial charge on any atom is 0.0861 e. The van der Waals surface area contributed by atoms with E-state index in [0.717, 1.165) is 0 Å². The minimum Gasteiger partial charge on any atom is -0.768 e. The Morgan fingerprint density at radius 2 is 1.29 bits per heavy atom. The van der Waals surface area contributed by atoms with E-state index >= 15 is 0 Å². The van der Waals surface area contributed by atoms with Crippen LogP contribution in [0.15, 0.2) is 69.3 Å². The summed E-state index contributed by atoms with van der Waals surface area (Å²) in [6, 6.07) is 15.1. The van der Waals surface area contributed by atoms with Crippen LogP contribution in [0.4, 0.5) is 0 Å². The maximum atomic E-state index is 12.2. The number of hydrogen-bond donors (Lipinski definition) is 0. The first-order valence-corrected chi connectivity index (χ1v) is 7.08. The molecule has 17 heavy (non-hydrogen) atoms. The van der Waals surface area contributed by atoms with Gasteiger partial charge in [-0.1, -0.05) is 30.3 Å². The molecule has 0 radical (unpaired) electrons. The van der Waals surface area contributed by atoms with Gasteiger partial charge in [0.1, 0.15) is 0 Å². The first kappa shape index (κ1) is 12.2. The van der Waals surface area contributed by atoms with Gasteiger partial charge in [0.2, 0.25) is 0 Å². The highest BCUT2D eigenvalue weighted by molar-refractivity contribution is 7.86. The molecule has 88 valence electrons. The van der Waals surface area contributed by atoms with Crippen LogP contribution in [0.2, 0.25) is 0 Å². The third-order valence-corrected chi connectivity index (χ3v) is 4.49. The van der Waals surface area contributed by atoms with Crippen LogP contribution >= 0.6 is 0 Å². The van der Waals surface area contributed by atoms with E-state index in [1.165, 1.54) is 6.07 Å². The minimum atomic E-state index is -2.38. The number of benzene rings is 2. The zero-order valence-electron chi connectivity index (χ0n) is 8.74. The molecule has 0 amide bonds. The highest BCUT2D eigenvalue weighted by atomic mass is 32.2. The van der Waals surface area contributed by atoms with Crippen LogP contribution < -0.4 is 0 Å². The molecule has 0 bridgehead atoms. The fourth-order valence-electron chi connectivity index (χ4n) is 1.41. The second-order valence-electron chi connectivity index (χ2n) is 3.26. The number of hydrogen-bond acceptors (Lipinski definition) is 3. The van der Waals surface area contributed by atoms with E-state index in [-0.39, 0.29) is 4.90 Å². The molecule has 0 aromatic heterocycles. The molecule has 0 spiro atoms. The average molecular weight is 265 g/mol. The zero-order chi connectivity index (χ0) is 12.3. The van der Waals surface area contributed by atoms with E-state index in [2.05, 4.69) is 0 Å². The Kier molecular flexibility index (Phi) is 3.83. The quantitative estimate of drug-likeness (QED) is 0.798. The summed E-state index contributed by atoms with van der Waals surface area (Å²) in [5, 5.41) is 0. The lowest BCUT2D eigenvalue weighted by molar-refractivity contribution is 0.534. The molecule has 0 aliphatic rings. The largest absolute Gasteiger partial charge is 0.768 e. The van der Waals surface area contributed by atoms with Crippen molar-refractivity contribution in [2.24, 2.45) is 0 Å². The zero-order valence-corrected chi connectivity index (χ0v) is 10.4. The van der Waals surface area contributed by atoms with E-state index in [1.807, 2.05) is 6.07 Å². The van der Waals surface area contributed by atoms with Gasteiger partial charge in [0, 0.05) is 9.79 Å². The topological polar surface area (TPSA) is 57.2 Å². The molecule has 0 saturated carbocycles. The molecule has 2 aromatic rings. The van der Waals surface area contributed by atoms with Crippen LogP contribution in [-0.2, 0) is 21.9 Å². The van der Waals surface area contributed by atoms with Crippen molar-refractivity contribution in [1.82, 2.24) is 0 Å². The molecular formula is C12H9O3S2-. The first-order valence-electron chi connectivity index (χ1n) is 4.85. The fraction of sp³-hybridized carbons (Fsp3) is 0. The molecule has 3 nitrogen and oxygen atoms in total. The molecule has 0 fully saturated rings. The second-order valence-corrected chi connectivity index (χ2v) is 5.62. The van der Waals surface area contributed by atoms with Crippen molar-refractivity contribution in [3.05, 3.63) is 54.6 Å². The monoisotopic (exact) mass is 265 g/mol. The van der Waals surface area contributed by atoms with E-state index in [1.54, 1.807) is 42.5 Å². The lowest BCUT2D eigenvalue weighted by Gasteiger charge is -2.11. The van der Waals surface area contributed by atoms with Gasteiger partial charge in [-0.3, -0.25) is 4.21 Å². The van der Waals surface area contributed by atoms with Gasteiger partial charge >= 0.3 is 0 Å². The Bertz CT molecular complexity index is 567. The van der Waals surface area contributed by atoms with Crippen LogP contribution in [0.5, 0.6) is 0 Å². The smallest absolute Gasteiger partial charge is 0.0861 e. The van der Waals surface area contributed by atoms with E-state index in [4.69, 9.17) is 0 Å². The highest BCUT2D eigenvalue weighted by Gasteiger charge is 2.11. The van der Waals surface area contributed by atoms with Gasteiger partial charge in [0.05, 0.1) is 15.7 Å². The number of rotatable bonds is 3. The maximum absolute atomic E-state index is 12.2. The van der Waals surface area contributed by atoms with Crippen LogP contribution in [0.3, 0.4) is 0 Å². The summed E-state index contributed by atoms with van der Waals surface area (Å²) < 4.78 is 34.3. The molecule has 0 saturated heterocycles. The third-order valence-electron chi connectivity index (χ3n) is 2.19. The predicted molar refractivity (Wildman–Crippen MR) is 64.7 cm³/mol. The van der Waals surface area contributed by atoms with Gasteiger partial charge in [-0.25, -0.2) is 4.21 Å². The molecule has 2 rings (SSSR count). The summed E-state index contributed by atoms with van der Waals surface area (Å²) in [5.41, 5.74) is 0. The van der Waals surface area contributed by atoms with E-state index in [0.29, 0.717) is 9.79 Å². The van der Waals surface area contributed by atoms with Crippen LogP contribution in [0.1, 0.15) is 0 Å². The summed E-state index contributed by atoms with van der Waals surface area (Å²) in [5.74, 6) is 0. The Balaban J connectivity index is 2.48. The first-order chi connectivity index (χ1) is 8.20. The highest BCUT2D eigenvalue weighted by Crippen LogP contribution is 2.21. The van der Waals surface area contributed by atoms with Crippen molar-refractivity contribution in [2.45, 2.75) is 14.7 Å². The van der Waals surface area contributed by atoms with Gasteiger partial charge in [-0.15, -0.1) is 0 Å². The lowest BCUT2D eigenvalue weighted by Crippen LogP contribution is -2.00. The van der Waals surface area contributed by atoms with Crippen LogP contribution in [0.25, 0.3) is 0 Å². The lowest BCUT2D eigenvalue weighted by atomic mass is 10.4. The standard InChI is InChI=1S/C12H10O3S2/c13-16(10-6-2-1-3-7-10)11-8-4-5-9-12(11)17(14)15/h1-9H,(H,14,15)/p-1. The molecule has 2 atom stereocenters. The molecule has 2 aromatic carbocycles. The fourth-order valence-corrected chi connectivity index (χ4v) is 3.38. The van der Waals surface area contributed by atoms with Crippen molar-refractivity contribution in [3.63, 3.8) is 0 Å². The normalized spacial score (nSPS) is 14.2. The van der Waals surface area contributed by atoms with Gasteiger partial charge in [-0.2, -0.15) is 0 Å². The third kappa shape index (κ3) is 2.69. The molecule has 2 unspecified atom stereocenters. The Morgan fingerprint density at radius 1 is 0.765 bits per heavy atom. The van der Waals surface area contributed by atoms with Crippen molar-refractivity contribution >= 4 is 21.9 Å². The van der Waals surface area contributed by atoms with Gasteiger partial charge < -0.3 is 4.55 Å². The second kappa shape index (κ2) is 5.35. The molecule has 0 aliphatic carbocycles. The van der Waals surface area contributed by atoms with E-state index < -0.39 is 21.9 Å². The predicted octanol–water partition coefficient (Wildman–Crippen LogP) is 2.09. The van der Waals surface area contributed by atoms with Gasteiger partial charge in [0.15, 0.2) is 0 Å². The molecule has 0 heterocycles. The minimum absolute atomic E-state index is 0.0784. The van der Waals surface area contributed by atoms with Gasteiger partial charge in [-0.05, 0) is 35.3 Å². The van der Waals surface area contributed by atoms with Gasteiger partial charge in [0.25, 0.3) is 0 Å². The van der Waals surface area contributed by atoms with Crippen molar-refractivity contribution in [1.29, 1.82) is 0 Å². The summed E-state index contributed by atoms with van der Waals surface area (Å²) in [7, 11) is -1.47. The summed E-state index contributed by atoms with van der Waals surface area (Å²) >= 11 is -2.38. The van der Waals surface area contributed by atoms with Crippen LogP contribution in [0, 0.1) is 0 Å². The average Bonchev–Trinajstić information content (AvgIpc) is 2.39. The Hall–Kier alpha value is -1.30. The SMILES string of the molecule is O=S([O-])c1ccccc1S(=O)c1ccccc1. The summed E-state index contributed by atoms with van der Waals surface area (Å²) in [6.07, 6.45) is 0. The van der Waals surface area contributed by atoms with Crippen molar-refractivity contribution in [3.8, 4) is 0 Å². The Labute approximate surface area is 104 Å². The molecule has 5 heteroatoms. The molecular weight excluding hydrogens is 256 g/mol. The summed E-state index contributed by atoms with van der Waals surface area (Å²) in [4.78, 5) is 0.979. The Morgan fingerprint density at radius 3 is 1.88 bits per heavy atom. The molecule has 0 aliphatic heterocycles. The molecule has 0 N–H and O–H groups in total. The van der Waals surface area contributed by atoms with Crippen molar-refractivity contribution in [2.75, 3.05) is 0 Å². The van der Waals surface area contributed by atoms with Crippen LogP contribution in [-0.4, -0.2) is 13.0 Å². The van der Waals surface area contributed by atoms with Crippen molar-refractivity contribution < 1.29 is 13.0 Å². The summed E-state index contributed by atoms with van der Waals surface area (Å²) in [6.45, 7) is 0. The van der Waals surface area contributed by atoms with E-state index in [9.17, 15) is 13.0 Å².